The van der Waals surface area contributed by atoms with Crippen molar-refractivity contribution >= 4 is 22.9 Å². The molecule has 1 aromatic carbocycles. The van der Waals surface area contributed by atoms with Gasteiger partial charge >= 0.3 is 0 Å². The van der Waals surface area contributed by atoms with Crippen molar-refractivity contribution in [3.63, 3.8) is 0 Å². The smallest absolute Gasteiger partial charge is 0.125 e. The van der Waals surface area contributed by atoms with E-state index in [0.717, 1.165) is 0 Å². The lowest BCUT2D eigenvalue weighted by Gasteiger charge is -1.99. The van der Waals surface area contributed by atoms with Crippen molar-refractivity contribution in [2.24, 2.45) is 0 Å². The van der Waals surface area contributed by atoms with Crippen LogP contribution in [0.2, 0.25) is 5.02 Å². The van der Waals surface area contributed by atoms with E-state index >= 15 is 0 Å². The van der Waals surface area contributed by atoms with Crippen molar-refractivity contribution < 1.29 is 4.39 Å². The van der Waals surface area contributed by atoms with Crippen LogP contribution in [0.5, 0.6) is 0 Å². The van der Waals surface area contributed by atoms with Crippen molar-refractivity contribution in [3.05, 3.63) is 40.1 Å². The average molecular weight is 253 g/mol. The molecule has 0 spiro atoms. The first-order valence-electron chi connectivity index (χ1n) is 4.47. The van der Waals surface area contributed by atoms with Gasteiger partial charge in [0.15, 0.2) is 0 Å². The molecular formula is C11H6ClFN2S. The minimum absolute atomic E-state index is 0.273. The third-order valence-corrected chi connectivity index (χ3v) is 3.21. The monoisotopic (exact) mass is 252 g/mol. The first kappa shape index (κ1) is 11.1. The second kappa shape index (κ2) is 4.60. The van der Waals surface area contributed by atoms with E-state index in [1.165, 1.54) is 23.5 Å². The number of nitriles is 1. The first-order chi connectivity index (χ1) is 7.70. The molecule has 0 N–H and O–H groups in total. The van der Waals surface area contributed by atoms with Crippen LogP contribution in [-0.2, 0) is 6.42 Å². The zero-order chi connectivity index (χ0) is 11.5. The normalized spacial score (nSPS) is 10.1. The van der Waals surface area contributed by atoms with Crippen LogP contribution in [0.25, 0.3) is 10.6 Å². The van der Waals surface area contributed by atoms with Crippen LogP contribution in [-0.4, -0.2) is 4.98 Å². The van der Waals surface area contributed by atoms with Crippen molar-refractivity contribution in [2.75, 3.05) is 0 Å². The Morgan fingerprint density at radius 1 is 1.50 bits per heavy atom. The summed E-state index contributed by atoms with van der Waals surface area (Å²) in [5.74, 6) is -0.373. The van der Waals surface area contributed by atoms with Crippen LogP contribution in [0.1, 0.15) is 5.69 Å². The Balaban J connectivity index is 2.39. The summed E-state index contributed by atoms with van der Waals surface area (Å²) in [4.78, 5) is 4.25. The van der Waals surface area contributed by atoms with E-state index in [0.29, 0.717) is 21.3 Å². The molecule has 1 heterocycles. The van der Waals surface area contributed by atoms with Gasteiger partial charge in [-0.15, -0.1) is 11.3 Å². The molecule has 0 unspecified atom stereocenters. The Labute approximate surface area is 101 Å². The number of hydrogen-bond donors (Lipinski definition) is 0. The Hall–Kier alpha value is -1.44. The highest BCUT2D eigenvalue weighted by molar-refractivity contribution is 7.13. The quantitative estimate of drug-likeness (QED) is 0.818. The third-order valence-electron chi connectivity index (χ3n) is 1.97. The maximum Gasteiger partial charge on any atom is 0.125 e. The molecule has 2 nitrogen and oxygen atoms in total. The summed E-state index contributed by atoms with van der Waals surface area (Å²) in [6.45, 7) is 0. The number of rotatable bonds is 2. The summed E-state index contributed by atoms with van der Waals surface area (Å²) >= 11 is 7.31. The van der Waals surface area contributed by atoms with Crippen LogP contribution in [0.3, 0.4) is 0 Å². The summed E-state index contributed by atoms with van der Waals surface area (Å²) < 4.78 is 12.8. The third kappa shape index (κ3) is 2.21. The predicted octanol–water partition coefficient (Wildman–Crippen LogP) is 3.67. The molecule has 0 saturated heterocycles. The van der Waals surface area contributed by atoms with Crippen LogP contribution >= 0.6 is 22.9 Å². The van der Waals surface area contributed by atoms with Crippen molar-refractivity contribution in [1.29, 1.82) is 5.26 Å². The number of halogens is 2. The fourth-order valence-corrected chi connectivity index (χ4v) is 2.43. The maximum atomic E-state index is 12.8. The van der Waals surface area contributed by atoms with Gasteiger partial charge in [-0.2, -0.15) is 5.26 Å². The second-order valence-electron chi connectivity index (χ2n) is 3.10. The van der Waals surface area contributed by atoms with Gasteiger partial charge in [-0.3, -0.25) is 0 Å². The molecular weight excluding hydrogens is 247 g/mol. The van der Waals surface area contributed by atoms with Gasteiger partial charge in [-0.05, 0) is 18.2 Å². The van der Waals surface area contributed by atoms with Crippen LogP contribution in [0.15, 0.2) is 23.6 Å². The molecule has 0 bridgehead atoms. The number of aromatic nitrogens is 1. The van der Waals surface area contributed by atoms with Crippen molar-refractivity contribution in [1.82, 2.24) is 4.98 Å². The Morgan fingerprint density at radius 3 is 3.00 bits per heavy atom. The average Bonchev–Trinajstić information content (AvgIpc) is 2.67. The van der Waals surface area contributed by atoms with Gasteiger partial charge in [0.1, 0.15) is 10.8 Å². The van der Waals surface area contributed by atoms with E-state index in [9.17, 15) is 4.39 Å². The zero-order valence-corrected chi connectivity index (χ0v) is 9.65. The topological polar surface area (TPSA) is 36.7 Å². The summed E-state index contributed by atoms with van der Waals surface area (Å²) in [5, 5.41) is 11.4. The molecule has 1 aromatic heterocycles. The summed E-state index contributed by atoms with van der Waals surface area (Å²) in [6.07, 6.45) is 0.273. The fraction of sp³-hybridized carbons (Fsp3) is 0.0909. The highest BCUT2D eigenvalue weighted by Gasteiger charge is 2.09. The molecule has 16 heavy (non-hydrogen) atoms. The van der Waals surface area contributed by atoms with E-state index in [4.69, 9.17) is 16.9 Å². The Morgan fingerprint density at radius 2 is 2.31 bits per heavy atom. The zero-order valence-electron chi connectivity index (χ0n) is 8.08. The standard InChI is InChI=1S/C11H6ClFN2S/c12-10-5-7(13)1-2-9(10)11-15-8(3-4-14)6-16-11/h1-2,5-6H,3H2. The fourth-order valence-electron chi connectivity index (χ4n) is 1.26. The molecule has 0 aliphatic heterocycles. The molecule has 0 atom stereocenters. The Bertz CT molecular complexity index is 559. The highest BCUT2D eigenvalue weighted by atomic mass is 35.5. The molecule has 2 aromatic rings. The van der Waals surface area contributed by atoms with Gasteiger partial charge in [0.25, 0.3) is 0 Å². The van der Waals surface area contributed by atoms with Gasteiger partial charge in [0.05, 0.1) is 23.2 Å². The van der Waals surface area contributed by atoms with Crippen LogP contribution in [0.4, 0.5) is 4.39 Å². The van der Waals surface area contributed by atoms with Crippen LogP contribution < -0.4 is 0 Å². The summed E-state index contributed by atoms with van der Waals surface area (Å²) in [5.41, 5.74) is 1.40. The molecule has 0 aliphatic rings. The van der Waals surface area contributed by atoms with E-state index in [1.807, 2.05) is 6.07 Å². The van der Waals surface area contributed by atoms with Gasteiger partial charge in [0, 0.05) is 10.9 Å². The molecule has 0 amide bonds. The molecule has 5 heteroatoms. The van der Waals surface area contributed by atoms with Crippen LogP contribution in [0, 0.1) is 17.1 Å². The second-order valence-corrected chi connectivity index (χ2v) is 4.37. The minimum atomic E-state index is -0.373. The molecule has 0 fully saturated rings. The van der Waals surface area contributed by atoms with E-state index < -0.39 is 0 Å². The molecule has 0 radical (unpaired) electrons. The van der Waals surface area contributed by atoms with Gasteiger partial charge in [-0.1, -0.05) is 11.6 Å². The minimum Gasteiger partial charge on any atom is -0.240 e. The van der Waals surface area contributed by atoms with Crippen molar-refractivity contribution in [3.8, 4) is 16.6 Å². The van der Waals surface area contributed by atoms with Crippen molar-refractivity contribution in [2.45, 2.75) is 6.42 Å². The van der Waals surface area contributed by atoms with E-state index in [2.05, 4.69) is 4.98 Å². The number of thiazole rings is 1. The van der Waals surface area contributed by atoms with E-state index in [-0.39, 0.29) is 12.2 Å². The molecule has 0 aliphatic carbocycles. The lowest BCUT2D eigenvalue weighted by atomic mass is 10.2. The lowest BCUT2D eigenvalue weighted by Crippen LogP contribution is -1.83. The van der Waals surface area contributed by atoms with E-state index in [1.54, 1.807) is 11.4 Å². The summed E-state index contributed by atoms with van der Waals surface area (Å²) in [7, 11) is 0. The van der Waals surface area contributed by atoms with Gasteiger partial charge in [-0.25, -0.2) is 9.37 Å². The number of nitrogens with zero attached hydrogens (tertiary/aromatic N) is 2. The predicted molar refractivity (Wildman–Crippen MR) is 61.8 cm³/mol. The maximum absolute atomic E-state index is 12.8. The molecule has 0 saturated carbocycles. The highest BCUT2D eigenvalue weighted by Crippen LogP contribution is 2.30. The van der Waals surface area contributed by atoms with Gasteiger partial charge < -0.3 is 0 Å². The lowest BCUT2D eigenvalue weighted by molar-refractivity contribution is 0.628. The largest absolute Gasteiger partial charge is 0.240 e. The molecule has 2 rings (SSSR count). The Kier molecular flexibility index (Phi) is 3.18. The number of hydrogen-bond acceptors (Lipinski definition) is 3. The molecule has 80 valence electrons. The summed E-state index contributed by atoms with van der Waals surface area (Å²) in [6, 6.07) is 6.21. The SMILES string of the molecule is N#CCc1csc(-c2ccc(F)cc2Cl)n1. The van der Waals surface area contributed by atoms with Gasteiger partial charge in [0.2, 0.25) is 0 Å². The first-order valence-corrected chi connectivity index (χ1v) is 5.73. The number of benzene rings is 1.